The fourth-order valence-corrected chi connectivity index (χ4v) is 4.77. The Labute approximate surface area is 219 Å². The molecule has 1 aliphatic rings. The summed E-state index contributed by atoms with van der Waals surface area (Å²) in [7, 11) is 0. The Morgan fingerprint density at radius 3 is 2.56 bits per heavy atom. The highest BCUT2D eigenvalue weighted by atomic mass is 19.4. The van der Waals surface area contributed by atoms with E-state index in [2.05, 4.69) is 20.7 Å². The number of rotatable bonds is 5. The van der Waals surface area contributed by atoms with Crippen molar-refractivity contribution in [3.05, 3.63) is 99.0 Å². The van der Waals surface area contributed by atoms with Gasteiger partial charge in [0.05, 0.1) is 17.8 Å². The van der Waals surface area contributed by atoms with Gasteiger partial charge in [-0.25, -0.2) is 18.3 Å². The molecule has 0 aliphatic heterocycles. The normalized spacial score (nSPS) is 14.9. The molecule has 0 bridgehead atoms. The van der Waals surface area contributed by atoms with E-state index < -0.39 is 41.7 Å². The van der Waals surface area contributed by atoms with Crippen molar-refractivity contribution in [2.45, 2.75) is 45.5 Å². The standard InChI is InChI=1S/C27H22F5N5O2/c1-13-3-5-17-16(14(13)2)6-8-21(17)36-26(39)23-10-22(35-24-20(29)12-34-37(23)24)25(38)33-11-15-4-7-19(28)18(9-15)27(30,31)32/h3-5,7,9-10,12,21H,6,8,11H2,1-2H3,(H,33,38)(H,36,39)/t21-/m0/s1. The van der Waals surface area contributed by atoms with Crippen molar-refractivity contribution in [2.75, 3.05) is 0 Å². The lowest BCUT2D eigenvalue weighted by Gasteiger charge is -2.16. The van der Waals surface area contributed by atoms with E-state index in [1.165, 1.54) is 5.56 Å². The topological polar surface area (TPSA) is 88.4 Å². The number of halogens is 5. The minimum Gasteiger partial charge on any atom is -0.347 e. The van der Waals surface area contributed by atoms with Gasteiger partial charge in [0.1, 0.15) is 17.2 Å². The predicted molar refractivity (Wildman–Crippen MR) is 130 cm³/mol. The molecule has 2 aromatic heterocycles. The summed E-state index contributed by atoms with van der Waals surface area (Å²) in [5, 5.41) is 9.17. The fourth-order valence-electron chi connectivity index (χ4n) is 4.77. The summed E-state index contributed by atoms with van der Waals surface area (Å²) in [5.41, 5.74) is 2.12. The van der Waals surface area contributed by atoms with Crippen LogP contribution in [-0.2, 0) is 19.1 Å². The van der Waals surface area contributed by atoms with E-state index in [0.717, 1.165) is 46.0 Å². The largest absolute Gasteiger partial charge is 0.419 e. The van der Waals surface area contributed by atoms with Crippen LogP contribution in [0.3, 0.4) is 0 Å². The second-order valence-electron chi connectivity index (χ2n) is 9.39. The third-order valence-electron chi connectivity index (χ3n) is 6.95. The van der Waals surface area contributed by atoms with Crippen LogP contribution in [0.1, 0.15) is 66.8 Å². The third-order valence-corrected chi connectivity index (χ3v) is 6.95. The summed E-state index contributed by atoms with van der Waals surface area (Å²) >= 11 is 0. The summed E-state index contributed by atoms with van der Waals surface area (Å²) in [6.45, 7) is 3.65. The van der Waals surface area contributed by atoms with Crippen LogP contribution in [0.25, 0.3) is 5.65 Å². The number of aryl methyl sites for hydroxylation is 1. The van der Waals surface area contributed by atoms with Crippen molar-refractivity contribution in [1.29, 1.82) is 0 Å². The Morgan fingerprint density at radius 1 is 1.05 bits per heavy atom. The SMILES string of the molecule is Cc1ccc2c(c1C)CC[C@@H]2NC(=O)c1cc(C(=O)NCc2ccc(F)c(C(F)(F)F)c2)nc2c(F)cnn12. The summed E-state index contributed by atoms with van der Waals surface area (Å²) in [6.07, 6.45) is -2.61. The molecule has 2 amide bonds. The Morgan fingerprint density at radius 2 is 1.82 bits per heavy atom. The number of amides is 2. The molecule has 7 nitrogen and oxygen atoms in total. The monoisotopic (exact) mass is 543 g/mol. The van der Waals surface area contributed by atoms with Gasteiger partial charge in [0.25, 0.3) is 11.8 Å². The van der Waals surface area contributed by atoms with Gasteiger partial charge in [0.2, 0.25) is 0 Å². The van der Waals surface area contributed by atoms with Crippen molar-refractivity contribution < 1.29 is 31.5 Å². The molecule has 202 valence electrons. The number of nitrogens with zero attached hydrogens (tertiary/aromatic N) is 3. The molecular weight excluding hydrogens is 521 g/mol. The second kappa shape index (κ2) is 9.75. The zero-order valence-corrected chi connectivity index (χ0v) is 20.8. The average Bonchev–Trinajstić information content (AvgIpc) is 3.47. The van der Waals surface area contributed by atoms with Crippen LogP contribution in [0.4, 0.5) is 22.0 Å². The minimum atomic E-state index is -4.91. The molecule has 12 heteroatoms. The fraction of sp³-hybridized carbons (Fsp3) is 0.259. The van der Waals surface area contributed by atoms with Gasteiger partial charge >= 0.3 is 6.18 Å². The van der Waals surface area contributed by atoms with Crippen LogP contribution in [-0.4, -0.2) is 26.4 Å². The van der Waals surface area contributed by atoms with E-state index in [1.54, 1.807) is 0 Å². The number of hydrogen-bond donors (Lipinski definition) is 2. The number of carbonyl (C=O) groups is 2. The molecule has 5 rings (SSSR count). The summed E-state index contributed by atoms with van der Waals surface area (Å²) in [5.74, 6) is -3.79. The zero-order valence-electron chi connectivity index (χ0n) is 20.8. The van der Waals surface area contributed by atoms with E-state index >= 15 is 0 Å². The molecule has 1 atom stereocenters. The van der Waals surface area contributed by atoms with Gasteiger partial charge in [0.15, 0.2) is 11.5 Å². The van der Waals surface area contributed by atoms with Crippen LogP contribution < -0.4 is 10.6 Å². The Kier molecular flexibility index (Phi) is 6.57. The summed E-state index contributed by atoms with van der Waals surface area (Å²) in [4.78, 5) is 30.1. The van der Waals surface area contributed by atoms with Crippen LogP contribution >= 0.6 is 0 Å². The van der Waals surface area contributed by atoms with Gasteiger partial charge in [-0.15, -0.1) is 0 Å². The van der Waals surface area contributed by atoms with E-state index in [1.807, 2.05) is 26.0 Å². The molecule has 0 unspecified atom stereocenters. The minimum absolute atomic E-state index is 0.0166. The summed E-state index contributed by atoms with van der Waals surface area (Å²) in [6, 6.07) is 7.12. The van der Waals surface area contributed by atoms with Crippen LogP contribution in [0.2, 0.25) is 0 Å². The molecule has 0 saturated carbocycles. The Hall–Kier alpha value is -4.35. The lowest BCUT2D eigenvalue weighted by Crippen LogP contribution is -2.30. The first-order valence-corrected chi connectivity index (χ1v) is 12.0. The van der Waals surface area contributed by atoms with Crippen molar-refractivity contribution in [3.63, 3.8) is 0 Å². The Balaban J connectivity index is 1.40. The van der Waals surface area contributed by atoms with E-state index in [-0.39, 0.29) is 28.6 Å². The van der Waals surface area contributed by atoms with Crippen LogP contribution in [0.15, 0.2) is 42.6 Å². The molecule has 0 spiro atoms. The molecular formula is C27H22F5N5O2. The van der Waals surface area contributed by atoms with Gasteiger partial charge in [0, 0.05) is 12.6 Å². The van der Waals surface area contributed by atoms with E-state index in [4.69, 9.17) is 0 Å². The lowest BCUT2D eigenvalue weighted by atomic mass is 9.99. The van der Waals surface area contributed by atoms with Crippen LogP contribution in [0.5, 0.6) is 0 Å². The molecule has 2 N–H and O–H groups in total. The molecule has 2 aromatic carbocycles. The van der Waals surface area contributed by atoms with Gasteiger partial charge in [-0.05, 0) is 66.6 Å². The lowest BCUT2D eigenvalue weighted by molar-refractivity contribution is -0.140. The highest BCUT2D eigenvalue weighted by molar-refractivity contribution is 5.98. The van der Waals surface area contributed by atoms with Crippen molar-refractivity contribution in [2.24, 2.45) is 0 Å². The highest BCUT2D eigenvalue weighted by Crippen LogP contribution is 2.35. The molecule has 0 fully saturated rings. The molecule has 1 aliphatic carbocycles. The maximum Gasteiger partial charge on any atom is 0.419 e. The van der Waals surface area contributed by atoms with Crippen molar-refractivity contribution >= 4 is 17.5 Å². The molecule has 4 aromatic rings. The first-order chi connectivity index (χ1) is 18.4. The quantitative estimate of drug-likeness (QED) is 0.347. The van der Waals surface area contributed by atoms with Gasteiger partial charge in [-0.3, -0.25) is 9.59 Å². The second-order valence-corrected chi connectivity index (χ2v) is 9.39. The summed E-state index contributed by atoms with van der Waals surface area (Å²) < 4.78 is 68.0. The van der Waals surface area contributed by atoms with E-state index in [9.17, 15) is 31.5 Å². The first-order valence-electron chi connectivity index (χ1n) is 12.0. The van der Waals surface area contributed by atoms with E-state index in [0.29, 0.717) is 18.6 Å². The molecule has 2 heterocycles. The first kappa shape index (κ1) is 26.3. The van der Waals surface area contributed by atoms with Crippen LogP contribution in [0, 0.1) is 25.5 Å². The van der Waals surface area contributed by atoms with Gasteiger partial charge in [-0.1, -0.05) is 18.2 Å². The zero-order chi connectivity index (χ0) is 28.1. The number of carbonyl (C=O) groups excluding carboxylic acids is 2. The number of aromatic nitrogens is 3. The number of fused-ring (bicyclic) bond motifs is 2. The molecule has 39 heavy (non-hydrogen) atoms. The average molecular weight is 543 g/mol. The van der Waals surface area contributed by atoms with Crippen molar-refractivity contribution in [1.82, 2.24) is 25.2 Å². The Bertz CT molecular complexity index is 1630. The maximum atomic E-state index is 14.4. The predicted octanol–water partition coefficient (Wildman–Crippen LogP) is 4.99. The molecule has 0 saturated heterocycles. The number of benzene rings is 2. The number of hydrogen-bond acceptors (Lipinski definition) is 4. The highest BCUT2D eigenvalue weighted by Gasteiger charge is 2.34. The van der Waals surface area contributed by atoms with Gasteiger partial charge in [-0.2, -0.15) is 18.3 Å². The smallest absolute Gasteiger partial charge is 0.347 e. The maximum absolute atomic E-state index is 14.4. The van der Waals surface area contributed by atoms with Gasteiger partial charge < -0.3 is 10.6 Å². The number of nitrogens with one attached hydrogen (secondary N) is 2. The third kappa shape index (κ3) is 4.93. The van der Waals surface area contributed by atoms with Crippen molar-refractivity contribution in [3.8, 4) is 0 Å². The molecule has 0 radical (unpaired) electrons. The number of alkyl halides is 3.